The Bertz CT molecular complexity index is 5680. The van der Waals surface area contributed by atoms with Crippen LogP contribution in [-0.4, -0.2) is 128 Å². The molecule has 114 heavy (non-hydrogen) atoms. The summed E-state index contributed by atoms with van der Waals surface area (Å²) in [5.41, 5.74) is 27.8. The van der Waals surface area contributed by atoms with Crippen molar-refractivity contribution >= 4 is 128 Å². The molecule has 0 aliphatic carbocycles. The highest BCUT2D eigenvalue weighted by Crippen LogP contribution is 2.40. The van der Waals surface area contributed by atoms with E-state index in [0.29, 0.717) is 98.8 Å². The number of anilines is 6. The summed E-state index contributed by atoms with van der Waals surface area (Å²) in [5, 5.41) is 19.6. The van der Waals surface area contributed by atoms with Crippen molar-refractivity contribution in [2.75, 3.05) is 52.8 Å². The lowest BCUT2D eigenvalue weighted by molar-refractivity contribution is -0.130. The highest BCUT2D eigenvalue weighted by Gasteiger charge is 2.37. The molecule has 3 aliphatic rings. The van der Waals surface area contributed by atoms with Gasteiger partial charge in [0, 0.05) is 108 Å². The molecular weight excluding hydrogens is 1500 g/mol. The molecule has 0 radical (unpaired) electrons. The van der Waals surface area contributed by atoms with Crippen LogP contribution in [0.5, 0.6) is 0 Å². The topological polar surface area (TPSA) is 394 Å². The number of imidazole rings is 3. The van der Waals surface area contributed by atoms with Crippen molar-refractivity contribution in [1.82, 2.24) is 73.2 Å². The Kier molecular flexibility index (Phi) is 28.2. The monoisotopic (exact) mass is 1580 g/mol. The zero-order valence-corrected chi connectivity index (χ0v) is 64.8. The summed E-state index contributed by atoms with van der Waals surface area (Å²) in [6, 6.07) is 46.8. The summed E-state index contributed by atoms with van der Waals surface area (Å²) in [6.07, 6.45) is 20.3. The first-order chi connectivity index (χ1) is 54.1. The van der Waals surface area contributed by atoms with E-state index in [9.17, 15) is 28.8 Å². The smallest absolute Gasteiger partial charge is 0.410 e. The van der Waals surface area contributed by atoms with E-state index in [1.807, 2.05) is 98.1 Å². The molecule has 3 aliphatic heterocycles. The Labute approximate surface area is 676 Å². The fourth-order valence-corrected chi connectivity index (χ4v) is 13.3. The van der Waals surface area contributed by atoms with Crippen molar-refractivity contribution < 1.29 is 38.6 Å². The number of fused-ring (bicyclic) bond motifs is 3. The number of carboxylic acids is 1. The van der Waals surface area contributed by atoms with Crippen molar-refractivity contribution in [3.05, 3.63) is 253 Å². The Morgan fingerprint density at radius 2 is 0.851 bits per heavy atom. The van der Waals surface area contributed by atoms with Crippen LogP contribution in [0.3, 0.4) is 0 Å². The molecule has 29 nitrogen and oxygen atoms in total. The minimum Gasteiger partial charge on any atom is -0.472 e. The Balaban J connectivity index is 0.000000174. The van der Waals surface area contributed by atoms with Crippen molar-refractivity contribution in [3.8, 4) is 57.5 Å². The van der Waals surface area contributed by atoms with E-state index in [2.05, 4.69) is 68.9 Å². The minimum atomic E-state index is -1.07. The molecular formula is C82H81N21O8S3. The van der Waals surface area contributed by atoms with Crippen LogP contribution >= 0.6 is 40.5 Å². The van der Waals surface area contributed by atoms with E-state index in [4.69, 9.17) is 42.0 Å². The second-order valence-corrected chi connectivity index (χ2v) is 25.5. The first-order valence-electron chi connectivity index (χ1n) is 35.6. The van der Waals surface area contributed by atoms with E-state index in [-0.39, 0.29) is 94.9 Å². The summed E-state index contributed by atoms with van der Waals surface area (Å²) < 4.78 is 11.4. The number of pyridine rings is 3. The van der Waals surface area contributed by atoms with E-state index < -0.39 is 5.97 Å². The molecule has 9 aromatic heterocycles. The number of amides is 5. The molecule has 4 aromatic carbocycles. The second kappa shape index (κ2) is 38.8. The predicted molar refractivity (Wildman–Crippen MR) is 450 cm³/mol. The number of rotatable bonds is 14. The molecule has 0 spiro atoms. The number of nitrogens with one attached hydrogen (secondary N) is 4. The average Bonchev–Trinajstić information content (AvgIpc) is 1.63. The molecule has 12 heterocycles. The van der Waals surface area contributed by atoms with Crippen LogP contribution in [0.25, 0.3) is 50.3 Å². The lowest BCUT2D eigenvalue weighted by atomic mass is 10.1. The van der Waals surface area contributed by atoms with Crippen LogP contribution in [-0.2, 0) is 20.9 Å². The largest absolute Gasteiger partial charge is 0.472 e. The van der Waals surface area contributed by atoms with Crippen LogP contribution in [0.4, 0.5) is 39.7 Å². The molecule has 16 rings (SSSR count). The summed E-state index contributed by atoms with van der Waals surface area (Å²) in [6.45, 7) is 5.52. The first kappa shape index (κ1) is 82.8. The van der Waals surface area contributed by atoms with Gasteiger partial charge < -0.3 is 53.2 Å². The molecule has 3 fully saturated rings. The molecule has 5 amide bonds. The number of carbonyl (C=O) groups is 6. The SMILES string of the molecule is CC#CC(=O)N1CCC[C@H]1c1nc(-c2ccc(C(=O)Nc3ccccn3)cc2)c2c(N)nccn12.CC#CC(=O)O.Nc1nccn2c([C@@H]3CCCN3)nc(-c3ccc(C(=O)Nc4ccccn4)cc3)c12.Nc1nccn2c([C@@H]3CCCN3C(=O)OCc3ccccc3)nc(-c3ccc(C(=O)Nc4ccccn4)cc3)c12.S.S.S. The Hall–Kier alpha value is -13.7. The Morgan fingerprint density at radius 3 is 1.22 bits per heavy atom. The summed E-state index contributed by atoms with van der Waals surface area (Å²) in [4.78, 5) is 116. The number of ether oxygens (including phenoxy) is 1. The highest BCUT2D eigenvalue weighted by atomic mass is 32.1. The zero-order valence-electron chi connectivity index (χ0n) is 61.8. The first-order valence-corrected chi connectivity index (χ1v) is 35.6. The van der Waals surface area contributed by atoms with Crippen LogP contribution in [0.2, 0.25) is 0 Å². The van der Waals surface area contributed by atoms with E-state index in [1.54, 1.807) is 151 Å². The number of nitrogen functional groups attached to an aromatic ring is 3. The molecule has 580 valence electrons. The number of aliphatic carboxylic acids is 1. The van der Waals surface area contributed by atoms with E-state index in [1.165, 1.54) is 6.92 Å². The maximum Gasteiger partial charge on any atom is 0.410 e. The second-order valence-electron chi connectivity index (χ2n) is 25.5. The standard InChI is InChI=1S/C30H27N7O3.C26H23N7O2.C22H21N7O.C4H4O2.3H2S/c31-27-26-25(21-11-13-22(14-12-21)29(38)34-24-10-4-5-15-32-24)35-28(37(26)18-16-33-27)23-9-6-17-36(23)30(39)40-19-20-7-2-1-3-8-20;1-2-6-21(34)32-15-5-7-19(32)25-31-22(23-24(27)29-14-16-33(23)25)17-9-11-18(12-10-17)26(35)30-20-8-3-4-13-28-20;23-20-19-18(28-21(16-4-3-11-24-16)29(19)13-12-26-20)14-6-8-15(9-7-14)22(30)27-17-5-1-2-10-25-17;1-2-3-4(5)6;;;/h1-5,7-8,10-16,18,23H,6,9,17,19H2,(H2,31,33)(H,32,34,38);3-4,8-14,16,19H,5,7,15H2,1H3,(H2,27,29)(H,28,30,35);1-2,5-10,12-13,16,24H,3-4,11H2,(H2,23,26)(H,25,27,30);1H3,(H,5,6);3*1H2/t23-;19-;16-;;;;/m000..../s1. The number of hydrogen-bond acceptors (Lipinski definition) is 20. The van der Waals surface area contributed by atoms with Crippen molar-refractivity contribution in [2.24, 2.45) is 0 Å². The number of aromatic nitrogens is 12. The summed E-state index contributed by atoms with van der Waals surface area (Å²) >= 11 is 0. The lowest BCUT2D eigenvalue weighted by Crippen LogP contribution is -2.32. The quantitative estimate of drug-likeness (QED) is 0.0469. The van der Waals surface area contributed by atoms with Gasteiger partial charge in [-0.1, -0.05) is 96.8 Å². The number of nitrogens with zero attached hydrogens (tertiary/aromatic N) is 14. The van der Waals surface area contributed by atoms with Crippen molar-refractivity contribution in [2.45, 2.75) is 77.1 Å². The van der Waals surface area contributed by atoms with Gasteiger partial charge in [-0.2, -0.15) is 40.5 Å². The normalized spacial score (nSPS) is 14.3. The number of likely N-dealkylation sites (tertiary alicyclic amines) is 2. The molecule has 0 saturated carbocycles. The fraction of sp³-hybridized carbons (Fsp3) is 0.183. The molecule has 32 heteroatoms. The lowest BCUT2D eigenvalue weighted by Gasteiger charge is -2.23. The predicted octanol–water partition coefficient (Wildman–Crippen LogP) is 11.9. The molecule has 11 N–H and O–H groups in total. The van der Waals surface area contributed by atoms with Gasteiger partial charge in [0.15, 0.2) is 0 Å². The fourth-order valence-electron chi connectivity index (χ4n) is 13.3. The highest BCUT2D eigenvalue weighted by molar-refractivity contribution is 7.59. The van der Waals surface area contributed by atoms with E-state index in [0.717, 1.165) is 84.4 Å². The van der Waals surface area contributed by atoms with Gasteiger partial charge in [0.2, 0.25) is 0 Å². The van der Waals surface area contributed by atoms with Gasteiger partial charge in [0.05, 0.1) is 18.1 Å². The van der Waals surface area contributed by atoms with Gasteiger partial charge in [-0.15, -0.1) is 0 Å². The number of nitrogens with two attached hydrogens (primary N) is 3. The van der Waals surface area contributed by atoms with Gasteiger partial charge in [0.1, 0.15) is 92.6 Å². The minimum absolute atomic E-state index is 0. The van der Waals surface area contributed by atoms with E-state index >= 15 is 0 Å². The van der Waals surface area contributed by atoms with Gasteiger partial charge in [-0.25, -0.2) is 54.4 Å². The van der Waals surface area contributed by atoms with Crippen molar-refractivity contribution in [1.29, 1.82) is 0 Å². The Morgan fingerprint density at radius 1 is 0.465 bits per heavy atom. The molecule has 3 atom stereocenters. The molecule has 13 aromatic rings. The summed E-state index contributed by atoms with van der Waals surface area (Å²) in [5.74, 6) is 12.3. The number of benzene rings is 4. The zero-order chi connectivity index (χ0) is 77.3. The number of carbonyl (C=O) groups excluding carboxylic acids is 5. The van der Waals surface area contributed by atoms with Gasteiger partial charge in [-0.3, -0.25) is 37.3 Å². The van der Waals surface area contributed by atoms with Crippen LogP contribution in [0, 0.1) is 23.7 Å². The maximum atomic E-state index is 13.1. The maximum absolute atomic E-state index is 13.1. The third-order valence-electron chi connectivity index (χ3n) is 18.5. The van der Waals surface area contributed by atoms with Crippen LogP contribution in [0.15, 0.2) is 213 Å². The third-order valence-corrected chi connectivity index (χ3v) is 18.5. The van der Waals surface area contributed by atoms with Crippen molar-refractivity contribution in [3.63, 3.8) is 0 Å². The number of hydrogen-bond donors (Lipinski definition) is 8. The average molecular weight is 1580 g/mol. The molecule has 3 saturated heterocycles. The van der Waals surface area contributed by atoms with Gasteiger partial charge in [-0.05, 0) is 143 Å². The van der Waals surface area contributed by atoms with Gasteiger partial charge >= 0.3 is 12.1 Å². The molecule has 0 bridgehead atoms. The number of carboxylic acid groups (broad SMARTS) is 1. The third kappa shape index (κ3) is 19.2. The molecule has 0 unspecified atom stereocenters. The van der Waals surface area contributed by atoms with Crippen LogP contribution in [0.1, 0.15) is 125 Å². The van der Waals surface area contributed by atoms with Crippen LogP contribution < -0.4 is 38.5 Å². The van der Waals surface area contributed by atoms with Gasteiger partial charge in [0.25, 0.3) is 23.6 Å². The summed E-state index contributed by atoms with van der Waals surface area (Å²) in [7, 11) is 0.